The molecular formula is C17H21NO. The van der Waals surface area contributed by atoms with Crippen LogP contribution < -0.4 is 0 Å². The first kappa shape index (κ1) is 12.6. The maximum absolute atomic E-state index is 12.8. The molecule has 0 unspecified atom stereocenters. The number of fused-ring (bicyclic) bond motifs is 1. The third-order valence-corrected chi connectivity index (χ3v) is 4.82. The van der Waals surface area contributed by atoms with Crippen molar-refractivity contribution in [3.8, 4) is 0 Å². The quantitative estimate of drug-likeness (QED) is 0.757. The van der Waals surface area contributed by atoms with Crippen molar-refractivity contribution in [1.82, 2.24) is 4.90 Å². The zero-order chi connectivity index (χ0) is 13.3. The summed E-state index contributed by atoms with van der Waals surface area (Å²) in [5.41, 5.74) is 2.14. The number of carbonyl (C=O) groups is 1. The van der Waals surface area contributed by atoms with Gasteiger partial charge in [-0.25, -0.2) is 0 Å². The van der Waals surface area contributed by atoms with Crippen LogP contribution in [0.4, 0.5) is 0 Å². The molecule has 1 aliphatic heterocycles. The largest absolute Gasteiger partial charge is 0.300 e. The van der Waals surface area contributed by atoms with Crippen LogP contribution in [0.2, 0.25) is 0 Å². The van der Waals surface area contributed by atoms with Crippen molar-refractivity contribution in [3.63, 3.8) is 0 Å². The number of rotatable bonds is 2. The van der Waals surface area contributed by atoms with Gasteiger partial charge in [-0.3, -0.25) is 9.69 Å². The summed E-state index contributed by atoms with van der Waals surface area (Å²) in [6, 6.07) is 8.14. The molecule has 2 nitrogen and oxygen atoms in total. The Morgan fingerprint density at radius 2 is 1.95 bits per heavy atom. The Labute approximate surface area is 115 Å². The van der Waals surface area contributed by atoms with Crippen molar-refractivity contribution < 1.29 is 4.79 Å². The van der Waals surface area contributed by atoms with Crippen molar-refractivity contribution in [2.75, 3.05) is 19.6 Å². The Kier molecular flexibility index (Phi) is 3.28. The van der Waals surface area contributed by atoms with Gasteiger partial charge in [-0.1, -0.05) is 30.3 Å². The van der Waals surface area contributed by atoms with Gasteiger partial charge in [0.25, 0.3) is 0 Å². The van der Waals surface area contributed by atoms with Gasteiger partial charge in [0.1, 0.15) is 0 Å². The van der Waals surface area contributed by atoms with E-state index in [1.165, 1.54) is 5.56 Å². The summed E-state index contributed by atoms with van der Waals surface area (Å²) in [5.74, 6) is 0.396. The molecule has 2 aliphatic rings. The Hall–Kier alpha value is -1.41. The summed E-state index contributed by atoms with van der Waals surface area (Å²) >= 11 is 0. The van der Waals surface area contributed by atoms with Gasteiger partial charge in [-0.15, -0.1) is 6.58 Å². The van der Waals surface area contributed by atoms with E-state index < -0.39 is 0 Å². The van der Waals surface area contributed by atoms with Crippen molar-refractivity contribution in [2.24, 2.45) is 5.41 Å². The SMILES string of the molecule is C=CCN1CCC2(CCc3ccccc3C2=O)CC1. The minimum Gasteiger partial charge on any atom is -0.300 e. The van der Waals surface area contributed by atoms with Gasteiger partial charge in [0.05, 0.1) is 0 Å². The summed E-state index contributed by atoms with van der Waals surface area (Å²) in [5, 5.41) is 0. The lowest BCUT2D eigenvalue weighted by Crippen LogP contribution is -2.46. The van der Waals surface area contributed by atoms with Gasteiger partial charge in [-0.2, -0.15) is 0 Å². The molecule has 0 bridgehead atoms. The lowest BCUT2D eigenvalue weighted by Gasteiger charge is -2.43. The average molecular weight is 255 g/mol. The van der Waals surface area contributed by atoms with Gasteiger partial charge in [0.2, 0.25) is 0 Å². The number of likely N-dealkylation sites (tertiary alicyclic amines) is 1. The Bertz CT molecular complexity index is 498. The fourth-order valence-corrected chi connectivity index (χ4v) is 3.56. The fourth-order valence-electron chi connectivity index (χ4n) is 3.56. The molecule has 1 aromatic carbocycles. The van der Waals surface area contributed by atoms with E-state index in [4.69, 9.17) is 0 Å². The minimum atomic E-state index is -0.0774. The van der Waals surface area contributed by atoms with E-state index in [2.05, 4.69) is 17.5 Å². The molecular weight excluding hydrogens is 234 g/mol. The molecule has 1 heterocycles. The van der Waals surface area contributed by atoms with Crippen molar-refractivity contribution >= 4 is 5.78 Å². The van der Waals surface area contributed by atoms with Crippen molar-refractivity contribution in [3.05, 3.63) is 48.0 Å². The van der Waals surface area contributed by atoms with Gasteiger partial charge < -0.3 is 0 Å². The number of Topliss-reactive ketones (excluding diaryl/α,β-unsaturated/α-hetero) is 1. The van der Waals surface area contributed by atoms with Crippen LogP contribution in [0.3, 0.4) is 0 Å². The van der Waals surface area contributed by atoms with E-state index in [9.17, 15) is 4.79 Å². The first-order chi connectivity index (χ1) is 9.25. The molecule has 1 fully saturated rings. The van der Waals surface area contributed by atoms with Crippen LogP contribution in [0.25, 0.3) is 0 Å². The number of nitrogens with zero attached hydrogens (tertiary/aromatic N) is 1. The smallest absolute Gasteiger partial charge is 0.169 e. The molecule has 19 heavy (non-hydrogen) atoms. The van der Waals surface area contributed by atoms with E-state index in [1.54, 1.807) is 0 Å². The molecule has 100 valence electrons. The highest BCUT2D eigenvalue weighted by atomic mass is 16.1. The first-order valence-corrected chi connectivity index (χ1v) is 7.21. The summed E-state index contributed by atoms with van der Waals surface area (Å²) in [4.78, 5) is 15.2. The van der Waals surface area contributed by atoms with Crippen LogP contribution in [-0.4, -0.2) is 30.3 Å². The monoisotopic (exact) mass is 255 g/mol. The molecule has 2 heteroatoms. The van der Waals surface area contributed by atoms with Gasteiger partial charge in [0.15, 0.2) is 5.78 Å². The van der Waals surface area contributed by atoms with Gasteiger partial charge in [0, 0.05) is 17.5 Å². The topological polar surface area (TPSA) is 20.3 Å². The highest BCUT2D eigenvalue weighted by molar-refractivity contribution is 6.02. The predicted octanol–water partition coefficient (Wildman–Crippen LogP) is 3.08. The third kappa shape index (κ3) is 2.14. The zero-order valence-electron chi connectivity index (χ0n) is 11.4. The summed E-state index contributed by atoms with van der Waals surface area (Å²) < 4.78 is 0. The Morgan fingerprint density at radius 1 is 1.21 bits per heavy atom. The van der Waals surface area contributed by atoms with Crippen molar-refractivity contribution in [1.29, 1.82) is 0 Å². The van der Waals surface area contributed by atoms with Crippen LogP contribution in [0, 0.1) is 5.41 Å². The molecule has 0 aromatic heterocycles. The lowest BCUT2D eigenvalue weighted by molar-refractivity contribution is 0.0560. The first-order valence-electron chi connectivity index (χ1n) is 7.21. The predicted molar refractivity (Wildman–Crippen MR) is 77.4 cm³/mol. The molecule has 1 aromatic rings. The molecule has 0 saturated carbocycles. The van der Waals surface area contributed by atoms with Crippen LogP contribution >= 0.6 is 0 Å². The fraction of sp³-hybridized carbons (Fsp3) is 0.471. The second kappa shape index (κ2) is 4.93. The lowest BCUT2D eigenvalue weighted by atomic mass is 9.65. The van der Waals surface area contributed by atoms with E-state index >= 15 is 0 Å². The van der Waals surface area contributed by atoms with Crippen LogP contribution in [0.1, 0.15) is 35.2 Å². The van der Waals surface area contributed by atoms with Gasteiger partial charge >= 0.3 is 0 Å². The zero-order valence-corrected chi connectivity index (χ0v) is 11.4. The number of hydrogen-bond donors (Lipinski definition) is 0. The second-order valence-electron chi connectivity index (χ2n) is 5.86. The van der Waals surface area contributed by atoms with E-state index in [-0.39, 0.29) is 5.41 Å². The molecule has 1 saturated heterocycles. The number of piperidine rings is 1. The Morgan fingerprint density at radius 3 is 2.68 bits per heavy atom. The molecule has 3 rings (SSSR count). The highest BCUT2D eigenvalue weighted by Crippen LogP contribution is 2.43. The average Bonchev–Trinajstić information content (AvgIpc) is 2.46. The molecule has 1 aliphatic carbocycles. The normalized spacial score (nSPS) is 22.2. The number of hydrogen-bond acceptors (Lipinski definition) is 2. The minimum absolute atomic E-state index is 0.0774. The number of benzene rings is 1. The standard InChI is InChI=1S/C17H21NO/c1-2-11-18-12-9-17(10-13-18)8-7-14-5-3-4-6-15(14)16(17)19/h2-6H,1,7-13H2. The highest BCUT2D eigenvalue weighted by Gasteiger charge is 2.43. The molecule has 0 N–H and O–H groups in total. The van der Waals surface area contributed by atoms with E-state index in [0.29, 0.717) is 5.78 Å². The van der Waals surface area contributed by atoms with Gasteiger partial charge in [-0.05, 0) is 44.3 Å². The number of ketones is 1. The third-order valence-electron chi connectivity index (χ3n) is 4.82. The van der Waals surface area contributed by atoms with E-state index in [1.807, 2.05) is 24.3 Å². The molecule has 0 radical (unpaired) electrons. The summed E-state index contributed by atoms with van der Waals surface area (Å²) in [6.45, 7) is 6.80. The molecule has 1 spiro atoms. The van der Waals surface area contributed by atoms with Crippen LogP contribution in [0.15, 0.2) is 36.9 Å². The summed E-state index contributed by atoms with van der Waals surface area (Å²) in [6.07, 6.45) is 6.06. The Balaban J connectivity index is 1.81. The molecule has 0 atom stereocenters. The summed E-state index contributed by atoms with van der Waals surface area (Å²) in [7, 11) is 0. The maximum Gasteiger partial charge on any atom is 0.169 e. The molecule has 0 amide bonds. The second-order valence-corrected chi connectivity index (χ2v) is 5.86. The number of carbonyl (C=O) groups excluding carboxylic acids is 1. The van der Waals surface area contributed by atoms with Crippen LogP contribution in [0.5, 0.6) is 0 Å². The van der Waals surface area contributed by atoms with Crippen LogP contribution in [-0.2, 0) is 6.42 Å². The van der Waals surface area contributed by atoms with E-state index in [0.717, 1.165) is 50.9 Å². The van der Waals surface area contributed by atoms with Crippen molar-refractivity contribution in [2.45, 2.75) is 25.7 Å². The number of aryl methyl sites for hydroxylation is 1. The maximum atomic E-state index is 12.8.